The first kappa shape index (κ1) is 23.2. The first-order chi connectivity index (χ1) is 15.0. The van der Waals surface area contributed by atoms with Gasteiger partial charge in [0.25, 0.3) is 0 Å². The largest absolute Gasteiger partial charge is 0.493 e. The summed E-state index contributed by atoms with van der Waals surface area (Å²) < 4.78 is 11.3. The molecule has 0 atom stereocenters. The highest BCUT2D eigenvalue weighted by atomic mass is 35.5. The molecule has 2 N–H and O–H groups in total. The second-order valence-corrected chi connectivity index (χ2v) is 7.81. The lowest BCUT2D eigenvalue weighted by Crippen LogP contribution is -2.23. The van der Waals surface area contributed by atoms with Crippen LogP contribution in [0.15, 0.2) is 65.8 Å². The third-order valence-electron chi connectivity index (χ3n) is 4.11. The molecule has 0 fully saturated rings. The highest BCUT2D eigenvalue weighted by Crippen LogP contribution is 2.34. The van der Waals surface area contributed by atoms with E-state index in [2.05, 4.69) is 15.8 Å². The summed E-state index contributed by atoms with van der Waals surface area (Å²) in [7, 11) is 1.56. The van der Waals surface area contributed by atoms with Gasteiger partial charge in [-0.05, 0) is 60.2 Å². The molecule has 9 heteroatoms. The van der Waals surface area contributed by atoms with Gasteiger partial charge < -0.3 is 14.8 Å². The van der Waals surface area contributed by atoms with Gasteiger partial charge in [-0.25, -0.2) is 0 Å². The molecule has 3 aromatic carbocycles. The van der Waals surface area contributed by atoms with Crippen LogP contribution in [0.5, 0.6) is 11.5 Å². The van der Waals surface area contributed by atoms with Gasteiger partial charge in [-0.2, -0.15) is 5.10 Å². The molecule has 3 rings (SSSR count). The van der Waals surface area contributed by atoms with Crippen molar-refractivity contribution in [3.05, 3.63) is 86.9 Å². The Labute approximate surface area is 200 Å². The molecule has 0 bridgehead atoms. The van der Waals surface area contributed by atoms with E-state index in [1.165, 1.54) is 0 Å². The van der Waals surface area contributed by atoms with E-state index in [1.807, 2.05) is 36.4 Å². The van der Waals surface area contributed by atoms with Crippen LogP contribution >= 0.6 is 47.0 Å². The molecular formula is C22H18Cl3N3O2S. The van der Waals surface area contributed by atoms with Crippen molar-refractivity contribution in [3.63, 3.8) is 0 Å². The summed E-state index contributed by atoms with van der Waals surface area (Å²) >= 11 is 23.7. The van der Waals surface area contributed by atoms with Crippen molar-refractivity contribution in [1.82, 2.24) is 5.43 Å². The first-order valence-electron chi connectivity index (χ1n) is 9.06. The predicted octanol–water partition coefficient (Wildman–Crippen LogP) is 6.55. The first-order valence-corrected chi connectivity index (χ1v) is 10.6. The second-order valence-electron chi connectivity index (χ2n) is 6.21. The number of para-hydroxylation sites is 1. The quantitative estimate of drug-likeness (QED) is 0.169. The SMILES string of the molecule is COc1cc(/C=N/NC(=S)Nc2ccccc2)ccc1OCc1c(Cl)ccc(Cl)c1Cl. The molecule has 0 saturated carbocycles. The number of hydrazone groups is 1. The van der Waals surface area contributed by atoms with Gasteiger partial charge in [0.05, 0.1) is 23.4 Å². The molecule has 0 unspecified atom stereocenters. The fraction of sp³-hybridized carbons (Fsp3) is 0.0909. The maximum absolute atomic E-state index is 6.23. The molecule has 3 aromatic rings. The Kier molecular flexibility index (Phi) is 8.37. The Morgan fingerprint density at radius 3 is 2.48 bits per heavy atom. The minimum atomic E-state index is 0.142. The van der Waals surface area contributed by atoms with E-state index >= 15 is 0 Å². The van der Waals surface area contributed by atoms with Crippen molar-refractivity contribution in [1.29, 1.82) is 0 Å². The molecule has 0 heterocycles. The van der Waals surface area contributed by atoms with Crippen LogP contribution in [0.3, 0.4) is 0 Å². The number of ether oxygens (including phenoxy) is 2. The third kappa shape index (κ3) is 6.48. The molecule has 0 spiro atoms. The van der Waals surface area contributed by atoms with Gasteiger partial charge in [-0.3, -0.25) is 5.43 Å². The van der Waals surface area contributed by atoms with E-state index in [-0.39, 0.29) is 6.61 Å². The summed E-state index contributed by atoms with van der Waals surface area (Å²) in [5.74, 6) is 1.06. The molecule has 0 aliphatic carbocycles. The number of benzene rings is 3. The molecule has 0 saturated heterocycles. The predicted molar refractivity (Wildman–Crippen MR) is 132 cm³/mol. The molecular weight excluding hydrogens is 477 g/mol. The Morgan fingerprint density at radius 1 is 1.00 bits per heavy atom. The van der Waals surface area contributed by atoms with Crippen LogP contribution < -0.4 is 20.2 Å². The van der Waals surface area contributed by atoms with Crippen LogP contribution in [-0.4, -0.2) is 18.4 Å². The Morgan fingerprint density at radius 2 is 1.74 bits per heavy atom. The number of halogens is 3. The van der Waals surface area contributed by atoms with Gasteiger partial charge in [0.2, 0.25) is 0 Å². The van der Waals surface area contributed by atoms with Crippen LogP contribution in [-0.2, 0) is 6.61 Å². The van der Waals surface area contributed by atoms with Gasteiger partial charge >= 0.3 is 0 Å². The number of thiocarbonyl (C=S) groups is 1. The molecule has 31 heavy (non-hydrogen) atoms. The number of nitrogens with one attached hydrogen (secondary N) is 2. The van der Waals surface area contributed by atoms with Crippen molar-refractivity contribution >= 4 is 64.0 Å². The van der Waals surface area contributed by atoms with Crippen LogP contribution in [0, 0.1) is 0 Å². The van der Waals surface area contributed by atoms with E-state index in [4.69, 9.17) is 56.5 Å². The summed E-state index contributed by atoms with van der Waals surface area (Å²) in [6, 6.07) is 18.3. The van der Waals surface area contributed by atoms with Crippen molar-refractivity contribution < 1.29 is 9.47 Å². The monoisotopic (exact) mass is 493 g/mol. The average Bonchev–Trinajstić information content (AvgIpc) is 2.77. The van der Waals surface area contributed by atoms with Crippen LogP contribution in [0.2, 0.25) is 15.1 Å². The smallest absolute Gasteiger partial charge is 0.191 e. The maximum atomic E-state index is 6.23. The van der Waals surface area contributed by atoms with Crippen molar-refractivity contribution in [2.24, 2.45) is 5.10 Å². The molecule has 0 aliphatic heterocycles. The van der Waals surface area contributed by atoms with Crippen molar-refractivity contribution in [2.75, 3.05) is 12.4 Å². The molecule has 0 aliphatic rings. The number of hydrogen-bond donors (Lipinski definition) is 2. The number of methoxy groups -OCH3 is 1. The summed E-state index contributed by atoms with van der Waals surface area (Å²) in [5.41, 5.74) is 5.04. The molecule has 0 radical (unpaired) electrons. The number of anilines is 1. The maximum Gasteiger partial charge on any atom is 0.191 e. The van der Waals surface area contributed by atoms with E-state index in [0.29, 0.717) is 37.2 Å². The zero-order valence-corrected chi connectivity index (χ0v) is 19.4. The number of hydrogen-bond acceptors (Lipinski definition) is 4. The van der Waals surface area contributed by atoms with E-state index in [1.54, 1.807) is 37.6 Å². The molecule has 0 amide bonds. The average molecular weight is 495 g/mol. The Balaban J connectivity index is 1.62. The van der Waals surface area contributed by atoms with Gasteiger partial charge in [0.15, 0.2) is 16.6 Å². The third-order valence-corrected chi connectivity index (χ3v) is 5.50. The Hall–Kier alpha value is -2.51. The minimum Gasteiger partial charge on any atom is -0.493 e. The zero-order valence-electron chi connectivity index (χ0n) is 16.4. The van der Waals surface area contributed by atoms with Crippen LogP contribution in [0.25, 0.3) is 0 Å². The fourth-order valence-corrected chi connectivity index (χ4v) is 3.41. The number of rotatable bonds is 7. The lowest BCUT2D eigenvalue weighted by molar-refractivity contribution is 0.284. The van der Waals surface area contributed by atoms with Crippen molar-refractivity contribution in [3.8, 4) is 11.5 Å². The van der Waals surface area contributed by atoms with Crippen LogP contribution in [0.4, 0.5) is 5.69 Å². The summed E-state index contributed by atoms with van der Waals surface area (Å²) in [5, 5.41) is 8.81. The van der Waals surface area contributed by atoms with Gasteiger partial charge in [-0.1, -0.05) is 53.0 Å². The van der Waals surface area contributed by atoms with E-state index in [0.717, 1.165) is 11.3 Å². The van der Waals surface area contributed by atoms with Crippen molar-refractivity contribution in [2.45, 2.75) is 6.61 Å². The molecule has 160 valence electrons. The van der Waals surface area contributed by atoms with Gasteiger partial charge in [0, 0.05) is 16.3 Å². The van der Waals surface area contributed by atoms with E-state index in [9.17, 15) is 0 Å². The summed E-state index contributed by atoms with van der Waals surface area (Å²) in [6.07, 6.45) is 1.62. The highest BCUT2D eigenvalue weighted by Gasteiger charge is 2.12. The van der Waals surface area contributed by atoms with Crippen LogP contribution in [0.1, 0.15) is 11.1 Å². The van der Waals surface area contributed by atoms with Gasteiger partial charge in [-0.15, -0.1) is 0 Å². The number of nitrogens with zero attached hydrogens (tertiary/aromatic N) is 1. The zero-order chi connectivity index (χ0) is 22.2. The highest BCUT2D eigenvalue weighted by molar-refractivity contribution is 7.80. The topological polar surface area (TPSA) is 54.9 Å². The molecule has 5 nitrogen and oxygen atoms in total. The standard InChI is InChI=1S/C22H18Cl3N3O2S/c1-29-20-11-14(12-26-28-22(31)27-15-5-3-2-4-6-15)7-10-19(20)30-13-16-17(23)8-9-18(24)21(16)25/h2-12H,13H2,1H3,(H2,27,28,31)/b26-12+. The lowest BCUT2D eigenvalue weighted by Gasteiger charge is -2.13. The van der Waals surface area contributed by atoms with E-state index < -0.39 is 0 Å². The fourth-order valence-electron chi connectivity index (χ4n) is 2.58. The Bertz CT molecular complexity index is 1090. The normalized spacial score (nSPS) is 10.7. The lowest BCUT2D eigenvalue weighted by atomic mass is 10.2. The minimum absolute atomic E-state index is 0.142. The second kappa shape index (κ2) is 11.2. The molecule has 0 aromatic heterocycles. The van der Waals surface area contributed by atoms with Gasteiger partial charge in [0.1, 0.15) is 6.61 Å². The summed E-state index contributed by atoms with van der Waals surface area (Å²) in [6.45, 7) is 0.142. The summed E-state index contributed by atoms with van der Waals surface area (Å²) in [4.78, 5) is 0.